The summed E-state index contributed by atoms with van der Waals surface area (Å²) in [6.07, 6.45) is 1.94. The highest BCUT2D eigenvalue weighted by Gasteiger charge is 2.43. The van der Waals surface area contributed by atoms with Crippen molar-refractivity contribution < 1.29 is 13.2 Å². The van der Waals surface area contributed by atoms with Gasteiger partial charge < -0.3 is 11.1 Å². The maximum atomic E-state index is 11.7. The van der Waals surface area contributed by atoms with E-state index < -0.39 is 15.6 Å². The van der Waals surface area contributed by atoms with Crippen molar-refractivity contribution in [3.05, 3.63) is 0 Å². The molecule has 0 aliphatic heterocycles. The van der Waals surface area contributed by atoms with Crippen LogP contribution in [-0.2, 0) is 14.8 Å². The second-order valence-electron chi connectivity index (χ2n) is 4.63. The maximum absolute atomic E-state index is 11.7. The molecule has 0 bridgehead atoms. The first-order chi connectivity index (χ1) is 7.79. The predicted molar refractivity (Wildman–Crippen MR) is 65.8 cm³/mol. The van der Waals surface area contributed by atoms with Crippen molar-refractivity contribution in [2.24, 2.45) is 11.7 Å². The second-order valence-corrected chi connectivity index (χ2v) is 6.56. The summed E-state index contributed by atoms with van der Waals surface area (Å²) in [7, 11) is -3.28. The Bertz CT molecular complexity index is 374. The molecule has 1 amide bonds. The van der Waals surface area contributed by atoms with Gasteiger partial charge in [0.05, 0.1) is 11.3 Å². The molecule has 0 aromatic heterocycles. The molecule has 1 rings (SSSR count). The highest BCUT2D eigenvalue weighted by molar-refractivity contribution is 7.89. The van der Waals surface area contributed by atoms with E-state index >= 15 is 0 Å². The Hall–Kier alpha value is -0.660. The van der Waals surface area contributed by atoms with Crippen LogP contribution in [0.5, 0.6) is 0 Å². The minimum Gasteiger partial charge on any atom is -0.353 e. The number of amides is 1. The van der Waals surface area contributed by atoms with E-state index in [0.717, 1.165) is 12.8 Å². The molecule has 1 saturated carbocycles. The molecule has 1 aliphatic carbocycles. The summed E-state index contributed by atoms with van der Waals surface area (Å²) < 4.78 is 25.0. The number of carbonyl (C=O) groups is 1. The van der Waals surface area contributed by atoms with Crippen LogP contribution in [0.25, 0.3) is 0 Å². The third-order valence-electron chi connectivity index (χ3n) is 2.94. The van der Waals surface area contributed by atoms with Crippen LogP contribution in [0.3, 0.4) is 0 Å². The molecule has 0 heterocycles. The lowest BCUT2D eigenvalue weighted by atomic mass is 9.96. The number of sulfonamides is 1. The first kappa shape index (κ1) is 14.4. The second kappa shape index (κ2) is 5.32. The lowest BCUT2D eigenvalue weighted by Crippen LogP contribution is -2.54. The van der Waals surface area contributed by atoms with Crippen LogP contribution in [0.15, 0.2) is 0 Å². The van der Waals surface area contributed by atoms with Gasteiger partial charge in [-0.25, -0.2) is 13.1 Å². The highest BCUT2D eigenvalue weighted by Crippen LogP contribution is 2.37. The van der Waals surface area contributed by atoms with Gasteiger partial charge in [-0.15, -0.1) is 0 Å². The van der Waals surface area contributed by atoms with Crippen molar-refractivity contribution >= 4 is 15.9 Å². The van der Waals surface area contributed by atoms with E-state index in [1.54, 1.807) is 13.8 Å². The summed E-state index contributed by atoms with van der Waals surface area (Å²) in [6, 6.07) is 0. The van der Waals surface area contributed by atoms with Crippen LogP contribution in [0.4, 0.5) is 0 Å². The SMILES string of the molecule is CCNS(=O)(=O)CCNC(=O)C(C)(N)C1CC1. The average molecular weight is 263 g/mol. The standard InChI is InChI=1S/C10H21N3O3S/c1-3-13-17(15,16)7-6-12-9(14)10(2,11)8-4-5-8/h8,13H,3-7,11H2,1-2H3,(H,12,14). The van der Waals surface area contributed by atoms with E-state index in [0.29, 0.717) is 6.54 Å². The smallest absolute Gasteiger partial charge is 0.240 e. The number of hydrogen-bond donors (Lipinski definition) is 3. The zero-order valence-electron chi connectivity index (χ0n) is 10.3. The molecule has 7 heteroatoms. The normalized spacial score (nSPS) is 19.7. The summed E-state index contributed by atoms with van der Waals surface area (Å²) in [5.41, 5.74) is 5.02. The van der Waals surface area contributed by atoms with Crippen LogP contribution in [0, 0.1) is 5.92 Å². The zero-order chi connectivity index (χ0) is 13.1. The molecule has 4 N–H and O–H groups in total. The molecule has 100 valence electrons. The van der Waals surface area contributed by atoms with Crippen molar-refractivity contribution in [1.29, 1.82) is 0 Å². The summed E-state index contributed by atoms with van der Waals surface area (Å²) in [6.45, 7) is 3.85. The summed E-state index contributed by atoms with van der Waals surface area (Å²) >= 11 is 0. The number of rotatable bonds is 7. The van der Waals surface area contributed by atoms with Crippen LogP contribution in [0.1, 0.15) is 26.7 Å². The van der Waals surface area contributed by atoms with Crippen LogP contribution in [-0.4, -0.2) is 38.7 Å². The number of nitrogens with two attached hydrogens (primary N) is 1. The number of hydrogen-bond acceptors (Lipinski definition) is 4. The Balaban J connectivity index is 2.34. The minimum atomic E-state index is -3.28. The van der Waals surface area contributed by atoms with Crippen molar-refractivity contribution in [2.45, 2.75) is 32.2 Å². The fourth-order valence-electron chi connectivity index (χ4n) is 1.65. The summed E-state index contributed by atoms with van der Waals surface area (Å²) in [5.74, 6) is -0.160. The van der Waals surface area contributed by atoms with E-state index in [1.165, 1.54) is 0 Å². The molecule has 0 saturated heterocycles. The molecule has 0 radical (unpaired) electrons. The Labute approximate surface area is 102 Å². The van der Waals surface area contributed by atoms with Gasteiger partial charge in [0.1, 0.15) is 0 Å². The van der Waals surface area contributed by atoms with E-state index in [4.69, 9.17) is 5.73 Å². The maximum Gasteiger partial charge on any atom is 0.240 e. The topological polar surface area (TPSA) is 101 Å². The van der Waals surface area contributed by atoms with Gasteiger partial charge in [-0.05, 0) is 25.7 Å². The quantitative estimate of drug-likeness (QED) is 0.558. The molecule has 17 heavy (non-hydrogen) atoms. The van der Waals surface area contributed by atoms with Gasteiger partial charge in [0.15, 0.2) is 0 Å². The predicted octanol–water partition coefficient (Wildman–Crippen LogP) is -0.831. The van der Waals surface area contributed by atoms with Gasteiger partial charge in [0.25, 0.3) is 0 Å². The molecule has 0 aromatic rings. The zero-order valence-corrected chi connectivity index (χ0v) is 11.1. The average Bonchev–Trinajstić information content (AvgIpc) is 2.99. The Morgan fingerprint density at radius 2 is 2.06 bits per heavy atom. The van der Waals surface area contributed by atoms with E-state index in [9.17, 15) is 13.2 Å². The number of nitrogens with one attached hydrogen (secondary N) is 2. The molecule has 1 fully saturated rings. The fraction of sp³-hybridized carbons (Fsp3) is 0.900. The van der Waals surface area contributed by atoms with Crippen molar-refractivity contribution in [3.8, 4) is 0 Å². The Morgan fingerprint density at radius 3 is 2.53 bits per heavy atom. The molecule has 0 spiro atoms. The Morgan fingerprint density at radius 1 is 1.47 bits per heavy atom. The highest BCUT2D eigenvalue weighted by atomic mass is 32.2. The molecule has 6 nitrogen and oxygen atoms in total. The van der Waals surface area contributed by atoms with Crippen LogP contribution >= 0.6 is 0 Å². The van der Waals surface area contributed by atoms with Gasteiger partial charge in [-0.3, -0.25) is 4.79 Å². The van der Waals surface area contributed by atoms with Gasteiger partial charge in [-0.1, -0.05) is 6.92 Å². The fourth-order valence-corrected chi connectivity index (χ4v) is 2.60. The van der Waals surface area contributed by atoms with Gasteiger partial charge in [-0.2, -0.15) is 0 Å². The van der Waals surface area contributed by atoms with Gasteiger partial charge >= 0.3 is 0 Å². The third kappa shape index (κ3) is 4.25. The largest absolute Gasteiger partial charge is 0.353 e. The minimum absolute atomic E-state index is 0.0909. The van der Waals surface area contributed by atoms with E-state index in [1.807, 2.05) is 0 Å². The first-order valence-electron chi connectivity index (χ1n) is 5.84. The van der Waals surface area contributed by atoms with Gasteiger partial charge in [0, 0.05) is 13.1 Å². The monoisotopic (exact) mass is 263 g/mol. The molecule has 1 aliphatic rings. The van der Waals surface area contributed by atoms with Crippen molar-refractivity contribution in [3.63, 3.8) is 0 Å². The van der Waals surface area contributed by atoms with Gasteiger partial charge in [0.2, 0.25) is 15.9 Å². The lowest BCUT2D eigenvalue weighted by Gasteiger charge is -2.23. The first-order valence-corrected chi connectivity index (χ1v) is 7.49. The van der Waals surface area contributed by atoms with Crippen molar-refractivity contribution in [2.75, 3.05) is 18.8 Å². The summed E-state index contributed by atoms with van der Waals surface area (Å²) in [4.78, 5) is 11.7. The lowest BCUT2D eigenvalue weighted by molar-refractivity contribution is -0.126. The summed E-state index contributed by atoms with van der Waals surface area (Å²) in [5, 5.41) is 2.58. The molecule has 1 atom stereocenters. The number of carbonyl (C=O) groups excluding carboxylic acids is 1. The molecular formula is C10H21N3O3S. The van der Waals surface area contributed by atoms with Crippen LogP contribution < -0.4 is 15.8 Å². The van der Waals surface area contributed by atoms with E-state index in [2.05, 4.69) is 10.0 Å². The van der Waals surface area contributed by atoms with Crippen molar-refractivity contribution in [1.82, 2.24) is 10.0 Å². The van der Waals surface area contributed by atoms with Crippen LogP contribution in [0.2, 0.25) is 0 Å². The third-order valence-corrected chi connectivity index (χ3v) is 4.41. The molecular weight excluding hydrogens is 242 g/mol. The van der Waals surface area contributed by atoms with E-state index in [-0.39, 0.29) is 24.1 Å². The molecule has 1 unspecified atom stereocenters. The Kier molecular flexibility index (Phi) is 4.51. The molecule has 0 aromatic carbocycles.